The van der Waals surface area contributed by atoms with E-state index in [0.717, 1.165) is 37.4 Å². The molecule has 0 aliphatic carbocycles. The molecule has 2 aromatic rings. The fourth-order valence-corrected chi connectivity index (χ4v) is 2.61. The number of nitrogens with two attached hydrogens (primary N) is 1. The van der Waals surface area contributed by atoms with Crippen LogP contribution in [-0.2, 0) is 0 Å². The number of hydrogen-bond acceptors (Lipinski definition) is 3. The van der Waals surface area contributed by atoms with Gasteiger partial charge in [-0.3, -0.25) is 0 Å². The van der Waals surface area contributed by atoms with Gasteiger partial charge in [0.15, 0.2) is 0 Å². The van der Waals surface area contributed by atoms with Crippen molar-refractivity contribution in [2.45, 2.75) is 18.9 Å². The van der Waals surface area contributed by atoms with Crippen LogP contribution in [0.2, 0.25) is 0 Å². The lowest BCUT2D eigenvalue weighted by Gasteiger charge is -2.32. The van der Waals surface area contributed by atoms with Gasteiger partial charge in [-0.25, -0.2) is 0 Å². The summed E-state index contributed by atoms with van der Waals surface area (Å²) in [5.74, 6) is 1.73. The molecule has 0 spiro atoms. The Labute approximate surface area is 120 Å². The lowest BCUT2D eigenvalue weighted by Crippen LogP contribution is -2.42. The lowest BCUT2D eigenvalue weighted by atomic mass is 10.1. The summed E-state index contributed by atoms with van der Waals surface area (Å²) in [7, 11) is 0. The zero-order chi connectivity index (χ0) is 13.8. The van der Waals surface area contributed by atoms with E-state index in [0.29, 0.717) is 0 Å². The van der Waals surface area contributed by atoms with Crippen LogP contribution in [0.4, 0.5) is 5.69 Å². The molecule has 1 saturated heterocycles. The molecule has 1 fully saturated rings. The second-order valence-corrected chi connectivity index (χ2v) is 5.26. The van der Waals surface area contributed by atoms with E-state index in [-0.39, 0.29) is 6.04 Å². The molecule has 3 heteroatoms. The van der Waals surface area contributed by atoms with Crippen molar-refractivity contribution in [1.82, 2.24) is 0 Å². The Balaban J connectivity index is 1.75. The first-order valence-corrected chi connectivity index (χ1v) is 7.15. The van der Waals surface area contributed by atoms with E-state index in [1.807, 2.05) is 42.5 Å². The molecule has 20 heavy (non-hydrogen) atoms. The average Bonchev–Trinajstić information content (AvgIpc) is 2.49. The predicted molar refractivity (Wildman–Crippen MR) is 82.4 cm³/mol. The summed E-state index contributed by atoms with van der Waals surface area (Å²) in [6, 6.07) is 18.4. The molecular weight excluding hydrogens is 248 g/mol. The van der Waals surface area contributed by atoms with Crippen molar-refractivity contribution in [2.75, 3.05) is 18.0 Å². The van der Waals surface area contributed by atoms with Crippen LogP contribution < -0.4 is 15.4 Å². The lowest BCUT2D eigenvalue weighted by molar-refractivity contribution is 0.480. The fraction of sp³-hybridized carbons (Fsp3) is 0.294. The van der Waals surface area contributed by atoms with Gasteiger partial charge in [-0.15, -0.1) is 0 Å². The summed E-state index contributed by atoms with van der Waals surface area (Å²) in [5.41, 5.74) is 7.24. The molecule has 2 N–H and O–H groups in total. The molecule has 1 aliphatic heterocycles. The maximum absolute atomic E-state index is 6.05. The summed E-state index contributed by atoms with van der Waals surface area (Å²) < 4.78 is 5.88. The Morgan fingerprint density at radius 3 is 2.60 bits per heavy atom. The number of ether oxygens (including phenoxy) is 1. The largest absolute Gasteiger partial charge is 0.457 e. The van der Waals surface area contributed by atoms with Crippen LogP contribution in [0, 0.1) is 0 Å². The van der Waals surface area contributed by atoms with Gasteiger partial charge >= 0.3 is 0 Å². The van der Waals surface area contributed by atoms with Gasteiger partial charge in [0, 0.05) is 30.9 Å². The first-order chi connectivity index (χ1) is 9.81. The smallest absolute Gasteiger partial charge is 0.129 e. The zero-order valence-corrected chi connectivity index (χ0v) is 11.5. The van der Waals surface area contributed by atoms with Crippen LogP contribution in [0.3, 0.4) is 0 Å². The van der Waals surface area contributed by atoms with Crippen molar-refractivity contribution in [3.05, 3.63) is 54.6 Å². The molecule has 0 bridgehead atoms. The number of para-hydroxylation sites is 1. The molecule has 1 heterocycles. The summed E-state index contributed by atoms with van der Waals surface area (Å²) in [6.45, 7) is 2.00. The summed E-state index contributed by atoms with van der Waals surface area (Å²) >= 11 is 0. The number of nitrogens with zero attached hydrogens (tertiary/aromatic N) is 1. The maximum Gasteiger partial charge on any atom is 0.129 e. The molecule has 104 valence electrons. The summed E-state index contributed by atoms with van der Waals surface area (Å²) in [4.78, 5) is 2.34. The Kier molecular flexibility index (Phi) is 3.88. The van der Waals surface area contributed by atoms with E-state index in [9.17, 15) is 0 Å². The molecule has 3 nitrogen and oxygen atoms in total. The molecule has 3 rings (SSSR count). The Morgan fingerprint density at radius 1 is 1.00 bits per heavy atom. The Morgan fingerprint density at radius 2 is 1.80 bits per heavy atom. The fourth-order valence-electron chi connectivity index (χ4n) is 2.61. The van der Waals surface area contributed by atoms with Crippen molar-refractivity contribution in [2.24, 2.45) is 5.73 Å². The van der Waals surface area contributed by atoms with E-state index in [4.69, 9.17) is 10.5 Å². The Hall–Kier alpha value is -2.00. The van der Waals surface area contributed by atoms with Crippen LogP contribution >= 0.6 is 0 Å². The van der Waals surface area contributed by atoms with Crippen LogP contribution in [-0.4, -0.2) is 19.1 Å². The van der Waals surface area contributed by atoms with E-state index in [1.54, 1.807) is 0 Å². The third-order valence-electron chi connectivity index (χ3n) is 3.62. The van der Waals surface area contributed by atoms with Crippen LogP contribution in [0.15, 0.2) is 54.6 Å². The molecule has 1 atom stereocenters. The molecule has 1 unspecified atom stereocenters. The molecule has 0 radical (unpaired) electrons. The van der Waals surface area contributed by atoms with E-state index >= 15 is 0 Å². The summed E-state index contributed by atoms with van der Waals surface area (Å²) in [6.07, 6.45) is 2.28. The first kappa shape index (κ1) is 13.0. The van der Waals surface area contributed by atoms with Crippen molar-refractivity contribution < 1.29 is 4.74 Å². The molecular formula is C17H20N2O. The van der Waals surface area contributed by atoms with Gasteiger partial charge in [0.2, 0.25) is 0 Å². The number of rotatable bonds is 3. The van der Waals surface area contributed by atoms with Gasteiger partial charge < -0.3 is 15.4 Å². The highest BCUT2D eigenvalue weighted by molar-refractivity contribution is 5.52. The van der Waals surface area contributed by atoms with Gasteiger partial charge in [0.1, 0.15) is 11.5 Å². The third-order valence-corrected chi connectivity index (χ3v) is 3.62. The van der Waals surface area contributed by atoms with Crippen molar-refractivity contribution in [1.29, 1.82) is 0 Å². The van der Waals surface area contributed by atoms with Crippen LogP contribution in [0.25, 0.3) is 0 Å². The van der Waals surface area contributed by atoms with E-state index in [2.05, 4.69) is 17.0 Å². The van der Waals surface area contributed by atoms with Crippen molar-refractivity contribution in [3.8, 4) is 11.5 Å². The number of anilines is 1. The second kappa shape index (κ2) is 5.97. The van der Waals surface area contributed by atoms with Gasteiger partial charge in [-0.1, -0.05) is 24.3 Å². The Bertz CT molecular complexity index is 556. The summed E-state index contributed by atoms with van der Waals surface area (Å²) in [5, 5.41) is 0. The minimum absolute atomic E-state index is 0.280. The maximum atomic E-state index is 6.05. The quantitative estimate of drug-likeness (QED) is 0.927. The minimum atomic E-state index is 0.280. The highest BCUT2D eigenvalue weighted by Crippen LogP contribution is 2.27. The van der Waals surface area contributed by atoms with Crippen molar-refractivity contribution >= 4 is 5.69 Å². The van der Waals surface area contributed by atoms with Gasteiger partial charge in [-0.05, 0) is 37.1 Å². The predicted octanol–water partition coefficient (Wildman–Crippen LogP) is 3.41. The zero-order valence-electron chi connectivity index (χ0n) is 11.5. The molecule has 1 aliphatic rings. The van der Waals surface area contributed by atoms with Gasteiger partial charge in [0.05, 0.1) is 0 Å². The molecule has 0 amide bonds. The third kappa shape index (κ3) is 3.11. The minimum Gasteiger partial charge on any atom is -0.457 e. The number of benzene rings is 2. The highest BCUT2D eigenvalue weighted by Gasteiger charge is 2.17. The van der Waals surface area contributed by atoms with Gasteiger partial charge in [0.25, 0.3) is 0 Å². The first-order valence-electron chi connectivity index (χ1n) is 7.15. The number of hydrogen-bond donors (Lipinski definition) is 1. The van der Waals surface area contributed by atoms with Crippen LogP contribution in [0.1, 0.15) is 12.8 Å². The van der Waals surface area contributed by atoms with E-state index < -0.39 is 0 Å². The van der Waals surface area contributed by atoms with E-state index in [1.165, 1.54) is 5.69 Å². The molecule has 2 aromatic carbocycles. The number of piperidine rings is 1. The van der Waals surface area contributed by atoms with Crippen LogP contribution in [0.5, 0.6) is 11.5 Å². The SMILES string of the molecule is NC1CCCN(c2cccc(Oc3ccccc3)c2)C1. The molecule has 0 saturated carbocycles. The van der Waals surface area contributed by atoms with Gasteiger partial charge in [-0.2, -0.15) is 0 Å². The second-order valence-electron chi connectivity index (χ2n) is 5.26. The monoisotopic (exact) mass is 268 g/mol. The molecule has 0 aromatic heterocycles. The average molecular weight is 268 g/mol. The normalized spacial score (nSPS) is 18.9. The van der Waals surface area contributed by atoms with Crippen molar-refractivity contribution in [3.63, 3.8) is 0 Å². The highest BCUT2D eigenvalue weighted by atomic mass is 16.5. The standard InChI is InChI=1S/C17H20N2O/c18-14-6-5-11-19(13-14)15-7-4-10-17(12-15)20-16-8-2-1-3-9-16/h1-4,7-10,12,14H,5-6,11,13,18H2. The topological polar surface area (TPSA) is 38.5 Å².